The molecule has 4 N–H and O–H groups in total. The summed E-state index contributed by atoms with van der Waals surface area (Å²) in [7, 11) is 0. The van der Waals surface area contributed by atoms with Gasteiger partial charge in [-0.3, -0.25) is 4.79 Å². The van der Waals surface area contributed by atoms with E-state index in [4.69, 9.17) is 11.5 Å². The van der Waals surface area contributed by atoms with Crippen LogP contribution in [0.25, 0.3) is 0 Å². The molecule has 4 heteroatoms. The van der Waals surface area contributed by atoms with Crippen molar-refractivity contribution >= 4 is 11.6 Å². The summed E-state index contributed by atoms with van der Waals surface area (Å²) in [6.07, 6.45) is 0.764. The molecule has 0 aliphatic carbocycles. The largest absolute Gasteiger partial charge is 0.397 e. The first kappa shape index (κ1) is 8.52. The zero-order valence-electron chi connectivity index (χ0n) is 6.87. The Balaban J connectivity index is 3.17. The van der Waals surface area contributed by atoms with Crippen molar-refractivity contribution in [1.29, 1.82) is 0 Å². The molecule has 12 heavy (non-hydrogen) atoms. The van der Waals surface area contributed by atoms with Gasteiger partial charge in [0.25, 0.3) is 5.91 Å². The van der Waals surface area contributed by atoms with Gasteiger partial charge in [-0.25, -0.2) is 4.98 Å². The van der Waals surface area contributed by atoms with E-state index in [0.29, 0.717) is 5.69 Å². The first-order valence-corrected chi connectivity index (χ1v) is 3.70. The molecule has 0 aromatic carbocycles. The van der Waals surface area contributed by atoms with Gasteiger partial charge in [-0.15, -0.1) is 0 Å². The van der Waals surface area contributed by atoms with Crippen LogP contribution >= 0.6 is 0 Å². The average Bonchev–Trinajstić information content (AvgIpc) is 2.05. The number of amides is 1. The second kappa shape index (κ2) is 3.21. The van der Waals surface area contributed by atoms with Gasteiger partial charge in [-0.1, -0.05) is 6.92 Å². The van der Waals surface area contributed by atoms with Crippen LogP contribution in [-0.4, -0.2) is 10.9 Å². The third kappa shape index (κ3) is 1.53. The van der Waals surface area contributed by atoms with Crippen LogP contribution in [0.1, 0.15) is 23.1 Å². The van der Waals surface area contributed by atoms with E-state index in [-0.39, 0.29) is 5.69 Å². The maximum absolute atomic E-state index is 10.8. The molecule has 0 atom stereocenters. The number of aromatic nitrogens is 1. The van der Waals surface area contributed by atoms with Crippen molar-refractivity contribution in [3.63, 3.8) is 0 Å². The number of nitrogens with zero attached hydrogens (tertiary/aromatic N) is 1. The predicted octanol–water partition coefficient (Wildman–Crippen LogP) is 0.325. The molecule has 1 aromatic heterocycles. The van der Waals surface area contributed by atoms with Gasteiger partial charge in [-0.05, 0) is 18.6 Å². The van der Waals surface area contributed by atoms with Crippen molar-refractivity contribution in [2.24, 2.45) is 5.73 Å². The standard InChI is InChI=1S/C8H11N3O/c1-2-5-3-4-6(9)7(11-5)8(10)12/h3-4H,2,9H2,1H3,(H2,10,12). The normalized spacial score (nSPS) is 9.75. The lowest BCUT2D eigenvalue weighted by Gasteiger charge is -2.02. The summed E-state index contributed by atoms with van der Waals surface area (Å²) in [6.45, 7) is 1.95. The van der Waals surface area contributed by atoms with Gasteiger partial charge in [0.1, 0.15) is 0 Å². The molecule has 0 aliphatic rings. The number of nitrogen functional groups attached to an aromatic ring is 1. The van der Waals surface area contributed by atoms with Gasteiger partial charge in [0.2, 0.25) is 0 Å². The average molecular weight is 165 g/mol. The number of carbonyl (C=O) groups is 1. The minimum absolute atomic E-state index is 0.161. The third-order valence-corrected chi connectivity index (χ3v) is 1.58. The molecule has 0 fully saturated rings. The lowest BCUT2D eigenvalue weighted by Crippen LogP contribution is -2.16. The summed E-state index contributed by atoms with van der Waals surface area (Å²) in [6, 6.07) is 3.42. The topological polar surface area (TPSA) is 82.0 Å². The predicted molar refractivity (Wildman–Crippen MR) is 46.5 cm³/mol. The zero-order valence-corrected chi connectivity index (χ0v) is 6.87. The number of rotatable bonds is 2. The van der Waals surface area contributed by atoms with E-state index in [2.05, 4.69) is 4.98 Å². The highest BCUT2D eigenvalue weighted by Gasteiger charge is 2.07. The van der Waals surface area contributed by atoms with Gasteiger partial charge >= 0.3 is 0 Å². The fourth-order valence-electron chi connectivity index (χ4n) is 0.905. The second-order valence-corrected chi connectivity index (χ2v) is 2.46. The van der Waals surface area contributed by atoms with Crippen LogP contribution in [0.15, 0.2) is 12.1 Å². The molecule has 0 unspecified atom stereocenters. The first-order valence-electron chi connectivity index (χ1n) is 3.70. The van der Waals surface area contributed by atoms with Crippen LogP contribution in [0.5, 0.6) is 0 Å². The van der Waals surface area contributed by atoms with Crippen LogP contribution in [0, 0.1) is 0 Å². The van der Waals surface area contributed by atoms with E-state index >= 15 is 0 Å². The molecule has 64 valence electrons. The van der Waals surface area contributed by atoms with Crippen LogP contribution in [-0.2, 0) is 6.42 Å². The van der Waals surface area contributed by atoms with E-state index in [1.807, 2.05) is 6.92 Å². The Bertz CT molecular complexity index is 309. The van der Waals surface area contributed by atoms with E-state index < -0.39 is 5.91 Å². The van der Waals surface area contributed by atoms with Crippen LogP contribution < -0.4 is 11.5 Å². The maximum atomic E-state index is 10.8. The van der Waals surface area contributed by atoms with Crippen LogP contribution in [0.4, 0.5) is 5.69 Å². The fourth-order valence-corrected chi connectivity index (χ4v) is 0.905. The molecular formula is C8H11N3O. The monoisotopic (exact) mass is 165 g/mol. The summed E-state index contributed by atoms with van der Waals surface area (Å²) in [5.74, 6) is -0.581. The molecule has 0 saturated carbocycles. The number of carbonyl (C=O) groups excluding carboxylic acids is 1. The lowest BCUT2D eigenvalue weighted by molar-refractivity contribution is 0.0996. The van der Waals surface area contributed by atoms with Gasteiger partial charge in [0, 0.05) is 5.69 Å². The Hall–Kier alpha value is -1.58. The first-order chi connectivity index (χ1) is 5.65. The summed E-state index contributed by atoms with van der Waals surface area (Å²) >= 11 is 0. The SMILES string of the molecule is CCc1ccc(N)c(C(N)=O)n1. The number of nitrogens with two attached hydrogens (primary N) is 2. The lowest BCUT2D eigenvalue weighted by atomic mass is 10.2. The number of aryl methyl sites for hydroxylation is 1. The Morgan fingerprint density at radius 1 is 1.58 bits per heavy atom. The Morgan fingerprint density at radius 3 is 2.75 bits per heavy atom. The highest BCUT2D eigenvalue weighted by Crippen LogP contribution is 2.09. The Kier molecular flexibility index (Phi) is 2.28. The van der Waals surface area contributed by atoms with E-state index in [0.717, 1.165) is 12.1 Å². The quantitative estimate of drug-likeness (QED) is 0.662. The molecule has 1 amide bonds. The second-order valence-electron chi connectivity index (χ2n) is 2.46. The van der Waals surface area contributed by atoms with Gasteiger partial charge in [0.15, 0.2) is 5.69 Å². The van der Waals surface area contributed by atoms with Gasteiger partial charge < -0.3 is 11.5 Å². The summed E-state index contributed by atoms with van der Waals surface area (Å²) in [5.41, 5.74) is 11.9. The van der Waals surface area contributed by atoms with Crippen molar-refractivity contribution in [3.05, 3.63) is 23.5 Å². The molecule has 1 aromatic rings. The van der Waals surface area contributed by atoms with E-state index in [9.17, 15) is 4.79 Å². The van der Waals surface area contributed by atoms with Crippen LogP contribution in [0.3, 0.4) is 0 Å². The molecule has 0 spiro atoms. The minimum Gasteiger partial charge on any atom is -0.397 e. The molecule has 4 nitrogen and oxygen atoms in total. The van der Waals surface area contributed by atoms with Crippen molar-refractivity contribution in [1.82, 2.24) is 4.98 Å². The summed E-state index contributed by atoms with van der Waals surface area (Å²) < 4.78 is 0. The highest BCUT2D eigenvalue weighted by molar-refractivity contribution is 5.95. The smallest absolute Gasteiger partial charge is 0.269 e. The molecular weight excluding hydrogens is 154 g/mol. The van der Waals surface area contributed by atoms with Crippen molar-refractivity contribution in [2.75, 3.05) is 5.73 Å². The van der Waals surface area contributed by atoms with Crippen molar-refractivity contribution < 1.29 is 4.79 Å². The molecule has 1 rings (SSSR count). The molecule has 1 heterocycles. The minimum atomic E-state index is -0.581. The molecule has 0 radical (unpaired) electrons. The highest BCUT2D eigenvalue weighted by atomic mass is 16.1. The molecule has 0 saturated heterocycles. The van der Waals surface area contributed by atoms with Crippen LogP contribution in [0.2, 0.25) is 0 Å². The number of anilines is 1. The fraction of sp³-hybridized carbons (Fsp3) is 0.250. The summed E-state index contributed by atoms with van der Waals surface area (Å²) in [4.78, 5) is 14.8. The maximum Gasteiger partial charge on any atom is 0.269 e. The zero-order chi connectivity index (χ0) is 9.14. The van der Waals surface area contributed by atoms with Crippen molar-refractivity contribution in [3.8, 4) is 0 Å². The number of hydrogen-bond acceptors (Lipinski definition) is 3. The van der Waals surface area contributed by atoms with E-state index in [1.54, 1.807) is 12.1 Å². The number of hydrogen-bond donors (Lipinski definition) is 2. The third-order valence-electron chi connectivity index (χ3n) is 1.58. The van der Waals surface area contributed by atoms with Gasteiger partial charge in [-0.2, -0.15) is 0 Å². The van der Waals surface area contributed by atoms with E-state index in [1.165, 1.54) is 0 Å². The Morgan fingerprint density at radius 2 is 2.25 bits per heavy atom. The van der Waals surface area contributed by atoms with Crippen molar-refractivity contribution in [2.45, 2.75) is 13.3 Å². The molecule has 0 bridgehead atoms. The molecule has 0 aliphatic heterocycles. The Labute approximate surface area is 70.6 Å². The number of primary amides is 1. The summed E-state index contributed by atoms with van der Waals surface area (Å²) in [5, 5.41) is 0. The van der Waals surface area contributed by atoms with Gasteiger partial charge in [0.05, 0.1) is 5.69 Å². The number of pyridine rings is 1.